The normalized spacial score (nSPS) is 15.2. The second-order valence-electron chi connectivity index (χ2n) is 8.35. The Morgan fingerprint density at radius 3 is 1.83 bits per heavy atom. The molecule has 1 atom stereocenters. The van der Waals surface area contributed by atoms with Crippen LogP contribution in [0.1, 0.15) is 20.3 Å². The molecule has 0 aliphatic carbocycles. The van der Waals surface area contributed by atoms with Crippen LogP contribution in [0.25, 0.3) is 0 Å². The predicted molar refractivity (Wildman–Crippen MR) is 108 cm³/mol. The van der Waals surface area contributed by atoms with Gasteiger partial charge in [-0.1, -0.05) is 13.8 Å². The summed E-state index contributed by atoms with van der Waals surface area (Å²) < 4.78 is 74.9. The Kier molecular flexibility index (Phi) is 11.9. The summed E-state index contributed by atoms with van der Waals surface area (Å²) in [7, 11) is -3.32. The first-order valence-electron chi connectivity index (χ1n) is 9.51. The lowest BCUT2D eigenvalue weighted by Crippen LogP contribution is -2.55. The third-order valence-electron chi connectivity index (χ3n) is 4.60. The molecule has 0 heterocycles. The summed E-state index contributed by atoms with van der Waals surface area (Å²) in [6.45, 7) is 5.80. The van der Waals surface area contributed by atoms with Crippen LogP contribution in [-0.2, 0) is 38.7 Å². The SMILES string of the molecule is CC(C)C(=O)OCC[N+](C)(CCCOS(=O)(=O)O)CC[N+](C)(C)CCOS(=O)(=O)O. The number of ether oxygens (including phenoxy) is 1. The zero-order chi connectivity index (χ0) is 23.6. The number of quaternary nitrogens is 2. The molecule has 0 aromatic rings. The largest absolute Gasteiger partial charge is 0.459 e. The molecule has 0 aliphatic heterocycles. The second kappa shape index (κ2) is 12.2. The molecule has 0 bridgehead atoms. The van der Waals surface area contributed by atoms with Gasteiger partial charge in [0, 0.05) is 6.42 Å². The highest BCUT2D eigenvalue weighted by Crippen LogP contribution is 2.09. The van der Waals surface area contributed by atoms with E-state index in [1.54, 1.807) is 13.8 Å². The van der Waals surface area contributed by atoms with Crippen molar-refractivity contribution < 1.29 is 52.8 Å². The van der Waals surface area contributed by atoms with Gasteiger partial charge in [-0.2, -0.15) is 16.8 Å². The summed E-state index contributed by atoms with van der Waals surface area (Å²) in [5.41, 5.74) is 0. The monoisotopic (exact) mass is 480 g/mol. The number of hydrogen-bond donors (Lipinski definition) is 2. The van der Waals surface area contributed by atoms with Crippen LogP contribution in [0.2, 0.25) is 0 Å². The van der Waals surface area contributed by atoms with Crippen molar-refractivity contribution in [3.63, 3.8) is 0 Å². The second-order valence-corrected chi connectivity index (χ2v) is 10.5. The predicted octanol–water partition coefficient (Wildman–Crippen LogP) is -0.262. The van der Waals surface area contributed by atoms with Crippen LogP contribution in [0.4, 0.5) is 0 Å². The Balaban J connectivity index is 4.84. The van der Waals surface area contributed by atoms with E-state index in [1.807, 2.05) is 21.1 Å². The van der Waals surface area contributed by atoms with Crippen LogP contribution in [0.3, 0.4) is 0 Å². The van der Waals surface area contributed by atoms with Crippen molar-refractivity contribution in [1.29, 1.82) is 0 Å². The van der Waals surface area contributed by atoms with Gasteiger partial charge in [0.05, 0.1) is 40.2 Å². The van der Waals surface area contributed by atoms with Gasteiger partial charge in [-0.15, -0.1) is 0 Å². The topological polar surface area (TPSA) is 154 Å². The van der Waals surface area contributed by atoms with E-state index in [1.165, 1.54) is 0 Å². The average Bonchev–Trinajstić information content (AvgIpc) is 2.55. The van der Waals surface area contributed by atoms with E-state index in [2.05, 4.69) is 8.37 Å². The summed E-state index contributed by atoms with van der Waals surface area (Å²) >= 11 is 0. The molecular formula is C16H36N2O10S2+2. The molecular weight excluding hydrogens is 444 g/mol. The summed E-state index contributed by atoms with van der Waals surface area (Å²) in [6.07, 6.45) is 0.341. The van der Waals surface area contributed by atoms with E-state index in [0.29, 0.717) is 48.1 Å². The van der Waals surface area contributed by atoms with E-state index in [0.717, 1.165) is 0 Å². The van der Waals surface area contributed by atoms with Crippen LogP contribution < -0.4 is 0 Å². The summed E-state index contributed by atoms with van der Waals surface area (Å²) in [5.74, 6) is -0.556. The van der Waals surface area contributed by atoms with Gasteiger partial charge in [0.1, 0.15) is 39.4 Å². The number of rotatable bonds is 16. The number of nitrogens with zero attached hydrogens (tertiary/aromatic N) is 2. The van der Waals surface area contributed by atoms with Crippen LogP contribution in [0.5, 0.6) is 0 Å². The van der Waals surface area contributed by atoms with Crippen molar-refractivity contribution in [2.24, 2.45) is 5.92 Å². The number of esters is 1. The van der Waals surface area contributed by atoms with Gasteiger partial charge in [0.2, 0.25) is 0 Å². The minimum atomic E-state index is -4.50. The minimum absolute atomic E-state index is 0.177. The van der Waals surface area contributed by atoms with Crippen molar-refractivity contribution in [3.05, 3.63) is 0 Å². The van der Waals surface area contributed by atoms with Crippen LogP contribution >= 0.6 is 0 Å². The molecule has 2 N–H and O–H groups in total. The van der Waals surface area contributed by atoms with E-state index >= 15 is 0 Å². The van der Waals surface area contributed by atoms with Crippen molar-refractivity contribution in [2.75, 3.05) is 73.7 Å². The molecule has 0 rings (SSSR count). The highest BCUT2D eigenvalue weighted by Gasteiger charge is 2.27. The highest BCUT2D eigenvalue weighted by atomic mass is 32.3. The first-order chi connectivity index (χ1) is 13.4. The van der Waals surface area contributed by atoms with E-state index in [9.17, 15) is 21.6 Å². The van der Waals surface area contributed by atoms with Gasteiger partial charge in [-0.25, -0.2) is 8.37 Å². The Morgan fingerprint density at radius 2 is 1.33 bits per heavy atom. The smallest absolute Gasteiger partial charge is 0.397 e. The molecule has 14 heteroatoms. The lowest BCUT2D eigenvalue weighted by molar-refractivity contribution is -0.955. The summed E-state index contributed by atoms with van der Waals surface area (Å²) in [5, 5.41) is 0. The Labute approximate surface area is 179 Å². The summed E-state index contributed by atoms with van der Waals surface area (Å²) in [4.78, 5) is 11.7. The standard InChI is InChI=1S/C16H34N2O10S2/c1-15(2)16(19)26-13-11-18(5,7-6-12-27-29(20,21)22)9-8-17(3,4)10-14-28-30(23,24)25/h15H,6-14H2,1-5H3/p+2. The zero-order valence-corrected chi connectivity index (χ0v) is 19.9. The fraction of sp³-hybridized carbons (Fsp3) is 0.938. The van der Waals surface area contributed by atoms with E-state index in [-0.39, 0.29) is 31.7 Å². The molecule has 0 aromatic carbocycles. The van der Waals surface area contributed by atoms with Crippen molar-refractivity contribution >= 4 is 26.8 Å². The maximum Gasteiger partial charge on any atom is 0.397 e. The first-order valence-corrected chi connectivity index (χ1v) is 12.2. The number of carbonyl (C=O) groups excluding carboxylic acids is 1. The molecule has 180 valence electrons. The molecule has 0 amide bonds. The van der Waals surface area contributed by atoms with E-state index < -0.39 is 20.8 Å². The maximum absolute atomic E-state index is 11.7. The molecule has 12 nitrogen and oxygen atoms in total. The van der Waals surface area contributed by atoms with Gasteiger partial charge < -0.3 is 13.7 Å². The van der Waals surface area contributed by atoms with Gasteiger partial charge >= 0.3 is 26.8 Å². The summed E-state index contributed by atoms with van der Waals surface area (Å²) in [6, 6.07) is 0. The first kappa shape index (κ1) is 29.1. The quantitative estimate of drug-likeness (QED) is 0.131. The molecule has 0 spiro atoms. The lowest BCUT2D eigenvalue weighted by Gasteiger charge is -2.38. The third-order valence-corrected chi connectivity index (χ3v) is 5.52. The van der Waals surface area contributed by atoms with E-state index in [4.69, 9.17) is 13.8 Å². The molecule has 0 aromatic heterocycles. The molecule has 0 fully saturated rings. The number of hydrogen-bond acceptors (Lipinski definition) is 8. The van der Waals surface area contributed by atoms with Gasteiger partial charge in [0.15, 0.2) is 0 Å². The van der Waals surface area contributed by atoms with Crippen LogP contribution in [0, 0.1) is 5.92 Å². The lowest BCUT2D eigenvalue weighted by atomic mass is 10.2. The molecule has 0 aliphatic rings. The highest BCUT2D eigenvalue weighted by molar-refractivity contribution is 7.81. The molecule has 0 radical (unpaired) electrons. The minimum Gasteiger partial charge on any atom is -0.459 e. The van der Waals surface area contributed by atoms with Crippen LogP contribution in [0.15, 0.2) is 0 Å². The Bertz CT molecular complexity index is 737. The Hall–Kier alpha value is -0.870. The van der Waals surface area contributed by atoms with Crippen LogP contribution in [-0.4, -0.2) is 115 Å². The zero-order valence-electron chi connectivity index (χ0n) is 18.3. The molecule has 30 heavy (non-hydrogen) atoms. The Morgan fingerprint density at radius 1 is 0.800 bits per heavy atom. The number of carbonyl (C=O) groups is 1. The fourth-order valence-electron chi connectivity index (χ4n) is 2.49. The molecule has 0 saturated heterocycles. The molecule has 0 saturated carbocycles. The van der Waals surface area contributed by atoms with Crippen molar-refractivity contribution in [2.45, 2.75) is 20.3 Å². The fourth-order valence-corrected chi connectivity index (χ4v) is 3.11. The average molecular weight is 481 g/mol. The molecule has 1 unspecified atom stereocenters. The van der Waals surface area contributed by atoms with Gasteiger partial charge in [0.25, 0.3) is 0 Å². The van der Waals surface area contributed by atoms with Crippen molar-refractivity contribution in [3.8, 4) is 0 Å². The third kappa shape index (κ3) is 15.9. The van der Waals surface area contributed by atoms with Crippen molar-refractivity contribution in [1.82, 2.24) is 0 Å². The van der Waals surface area contributed by atoms with Gasteiger partial charge in [-0.05, 0) is 0 Å². The number of likely N-dealkylation sites (N-methyl/N-ethyl adjacent to an activating group) is 2. The maximum atomic E-state index is 11.7. The van der Waals surface area contributed by atoms with Gasteiger partial charge in [-0.3, -0.25) is 13.9 Å².